The molecule has 1 aromatic carbocycles. The Labute approximate surface area is 571 Å². The first kappa shape index (κ1) is 81.4. The van der Waals surface area contributed by atoms with Crippen LogP contribution in [0.15, 0.2) is 36.4 Å². The van der Waals surface area contributed by atoms with Crippen molar-refractivity contribution in [3.05, 3.63) is 42.0 Å². The summed E-state index contributed by atoms with van der Waals surface area (Å²) in [4.78, 5) is 65.1. The monoisotopic (exact) mass is 1420 g/mol. The van der Waals surface area contributed by atoms with Gasteiger partial charge in [-0.2, -0.15) is 0 Å². The summed E-state index contributed by atoms with van der Waals surface area (Å²) < 4.78 is 77.9. The molecule has 36 nitrogen and oxygen atoms in total. The van der Waals surface area contributed by atoms with E-state index in [1.165, 1.54) is 39.0 Å². The summed E-state index contributed by atoms with van der Waals surface area (Å²) >= 11 is 0. The Hall–Kier alpha value is -4.89. The lowest BCUT2D eigenvalue weighted by molar-refractivity contribution is -0.368. The highest BCUT2D eigenvalue weighted by Crippen LogP contribution is 2.37. The van der Waals surface area contributed by atoms with Crippen molar-refractivity contribution in [2.24, 2.45) is 0 Å². The van der Waals surface area contributed by atoms with Gasteiger partial charge in [0.1, 0.15) is 146 Å². The van der Waals surface area contributed by atoms with E-state index in [0.29, 0.717) is 18.8 Å². The van der Waals surface area contributed by atoms with Crippen LogP contribution >= 0.6 is 0 Å². The molecule has 564 valence electrons. The van der Waals surface area contributed by atoms with Crippen LogP contribution in [-0.4, -0.2) is 327 Å². The maximum atomic E-state index is 14.0. The third-order valence-corrected chi connectivity index (χ3v) is 17.8. The number of amides is 5. The molecule has 1 aromatic rings. The van der Waals surface area contributed by atoms with Gasteiger partial charge in [-0.3, -0.25) is 24.0 Å². The fourth-order valence-corrected chi connectivity index (χ4v) is 12.7. The maximum Gasteiger partial charge on any atom is 0.251 e. The molecule has 30 atom stereocenters. The molecule has 6 heterocycles. The average molecular weight is 1420 g/mol. The third kappa shape index (κ3) is 20.9. The largest absolute Gasteiger partial charge is 0.494 e. The van der Waals surface area contributed by atoms with Crippen LogP contribution in [0.25, 0.3) is 0 Å². The molecule has 16 unspecified atom stereocenters. The molecule has 5 amide bonds. The van der Waals surface area contributed by atoms with Gasteiger partial charge in [-0.25, -0.2) is 0 Å². The highest BCUT2D eigenvalue weighted by Gasteiger charge is 2.58. The van der Waals surface area contributed by atoms with Gasteiger partial charge in [-0.1, -0.05) is 44.4 Å². The highest BCUT2D eigenvalue weighted by atomic mass is 16.8. The fraction of sp³-hybridized carbons (Fsp3) is 0.794. The minimum atomic E-state index is -2.07. The lowest BCUT2D eigenvalue weighted by Gasteiger charge is -2.51. The topological polar surface area (TPSA) is 528 Å². The number of hydrogen-bond acceptors (Lipinski definition) is 31. The van der Waals surface area contributed by atoms with Crippen LogP contribution in [-0.2, 0) is 76.0 Å². The quantitative estimate of drug-likeness (QED) is 0.0235. The van der Waals surface area contributed by atoms with E-state index in [-0.39, 0.29) is 5.56 Å². The Bertz CT molecular complexity index is 2730. The van der Waals surface area contributed by atoms with Crippen LogP contribution in [0.3, 0.4) is 0 Å². The first-order chi connectivity index (χ1) is 47.2. The van der Waals surface area contributed by atoms with Gasteiger partial charge in [0.05, 0.1) is 45.7 Å². The minimum absolute atomic E-state index is 0.0482. The van der Waals surface area contributed by atoms with Gasteiger partial charge in [0.25, 0.3) is 5.91 Å². The van der Waals surface area contributed by atoms with Gasteiger partial charge >= 0.3 is 0 Å². The standard InChI is InChI=1S/C63H101N5O31/c1-8-9-10-11-12-13-14-15-16-20-88-33-19-17-18-32(21-33)57(85)68-40-46(79)45(78)34(22-69)92-59(40)96-52-35(23-70)93-60(41(48(52)81)65-29(4)74)97-53-36(24-71)94-61(42(49(53)82)66-30(5)75)98-54-37(25-72)95-62(43(50(54)83)67-31(6)76)99-55-38(91-58(86)39(47(55)80)64-28(3)73)26-89-63-56(87-7)51(84)44(77)27(2)90-63/h13-14,17-19,21,27,34-56,58-63,69-72,77-84,86H,8-12,15-16,20,22-26H2,1-7H3,(H,64,73)(H,65,74)(H,66,75)(H,67,76)(H,68,85)/b14-13-/t27?,34?,35-,36?,37-,38?,39-,40-,41?,42-,43?,44?,45+,46+,47+,48?,49+,50?,51-,52+,53?,54+,55?,56-,58?,59?,60?,61?,62?,63+/m0/s1. The molecule has 6 aliphatic heterocycles. The molecular weight excluding hydrogens is 1320 g/mol. The second-order valence-electron chi connectivity index (χ2n) is 25.3. The normalized spacial score (nSPS) is 39.6. The molecule has 0 aliphatic carbocycles. The molecule has 99 heavy (non-hydrogen) atoms. The number of benzene rings is 1. The molecule has 7 rings (SSSR count). The predicted molar refractivity (Wildman–Crippen MR) is 333 cm³/mol. The van der Waals surface area contributed by atoms with E-state index in [2.05, 4.69) is 45.7 Å². The molecule has 18 N–H and O–H groups in total. The van der Waals surface area contributed by atoms with Crippen molar-refractivity contribution in [1.82, 2.24) is 26.6 Å². The summed E-state index contributed by atoms with van der Waals surface area (Å²) in [5, 5.41) is 158. The Morgan fingerprint density at radius 3 is 1.35 bits per heavy atom. The number of carbonyl (C=O) groups is 5. The molecule has 6 fully saturated rings. The third-order valence-electron chi connectivity index (χ3n) is 17.8. The van der Waals surface area contributed by atoms with Crippen LogP contribution in [0.2, 0.25) is 0 Å². The van der Waals surface area contributed by atoms with E-state index in [1.54, 1.807) is 12.1 Å². The SMILES string of the molecule is CCCCCC/C=C\CCCOc1cccc(C(=O)N[C@@H]2C(O[C@H]3C(O)C(NC(C)=O)C(OC4C(CO)OC(O[C@H]5C(O)C(NC(C)=O)C(OC6C(CO[C@@H]7OC(C)C(O)[C@H](O)[C@@H]7OC)OC(O)[C@@H](NC(C)=O)[C@H]6O)O[C@H]5CO)[C@@H](NC(C)=O)[C@H]4O)O[C@H]3CO)OC(CO)[C@@H](O)[C@@H]2O)c1. The van der Waals surface area contributed by atoms with E-state index < -0.39 is 246 Å². The van der Waals surface area contributed by atoms with Gasteiger partial charge in [-0.15, -0.1) is 0 Å². The van der Waals surface area contributed by atoms with Gasteiger partial charge in [0.15, 0.2) is 37.7 Å². The van der Waals surface area contributed by atoms with Crippen LogP contribution in [0.4, 0.5) is 0 Å². The van der Waals surface area contributed by atoms with E-state index >= 15 is 0 Å². The van der Waals surface area contributed by atoms with Crippen molar-refractivity contribution in [3.8, 4) is 5.75 Å². The van der Waals surface area contributed by atoms with Gasteiger partial charge < -0.3 is 155 Å². The van der Waals surface area contributed by atoms with E-state index in [4.69, 9.17) is 61.6 Å². The van der Waals surface area contributed by atoms with Crippen LogP contribution in [0, 0.1) is 0 Å². The fourth-order valence-electron chi connectivity index (χ4n) is 12.7. The predicted octanol–water partition coefficient (Wildman–Crippen LogP) is -6.72. The summed E-state index contributed by atoms with van der Waals surface area (Å²) in [6.07, 6.45) is -32.0. The van der Waals surface area contributed by atoms with Gasteiger partial charge in [0, 0.05) is 40.4 Å². The molecular formula is C63H101N5O31. The van der Waals surface area contributed by atoms with Gasteiger partial charge in [0.2, 0.25) is 23.6 Å². The summed E-state index contributed by atoms with van der Waals surface area (Å²) in [5.41, 5.74) is 0.0482. The number of methoxy groups -OCH3 is 1. The zero-order valence-electron chi connectivity index (χ0n) is 56.1. The Morgan fingerprint density at radius 1 is 0.465 bits per heavy atom. The molecule has 0 spiro atoms. The van der Waals surface area contributed by atoms with E-state index in [1.807, 2.05) is 0 Å². The van der Waals surface area contributed by atoms with Crippen molar-refractivity contribution in [2.45, 2.75) is 270 Å². The molecule has 0 aromatic heterocycles. The summed E-state index contributed by atoms with van der Waals surface area (Å²) in [6.45, 7) is 3.52. The van der Waals surface area contributed by atoms with E-state index in [9.17, 15) is 90.4 Å². The average Bonchev–Trinajstić information content (AvgIpc) is 0.771. The number of carbonyl (C=O) groups excluding carboxylic acids is 5. The second kappa shape index (κ2) is 38.6. The Morgan fingerprint density at radius 2 is 0.899 bits per heavy atom. The number of aliphatic hydroxyl groups excluding tert-OH is 13. The number of hydrogen-bond donors (Lipinski definition) is 18. The Kier molecular flexibility index (Phi) is 31.7. The second-order valence-corrected chi connectivity index (χ2v) is 25.3. The molecule has 6 aliphatic rings. The molecule has 0 bridgehead atoms. The lowest BCUT2D eigenvalue weighted by atomic mass is 9.93. The smallest absolute Gasteiger partial charge is 0.251 e. The van der Waals surface area contributed by atoms with Crippen molar-refractivity contribution >= 4 is 29.5 Å². The van der Waals surface area contributed by atoms with Crippen LogP contribution < -0.4 is 31.3 Å². The maximum absolute atomic E-state index is 14.0. The van der Waals surface area contributed by atoms with E-state index in [0.717, 1.165) is 53.4 Å². The summed E-state index contributed by atoms with van der Waals surface area (Å²) in [5.74, 6) is -3.67. The molecule has 0 radical (unpaired) electrons. The lowest BCUT2D eigenvalue weighted by Crippen LogP contribution is -2.72. The van der Waals surface area contributed by atoms with Crippen molar-refractivity contribution < 1.29 is 152 Å². The van der Waals surface area contributed by atoms with Crippen molar-refractivity contribution in [2.75, 3.05) is 46.8 Å². The zero-order valence-corrected chi connectivity index (χ0v) is 56.1. The summed E-state index contributed by atoms with van der Waals surface area (Å²) in [6, 6.07) is -2.45. The number of rotatable bonds is 32. The highest BCUT2D eigenvalue weighted by molar-refractivity contribution is 5.94. The number of aliphatic hydroxyl groups is 13. The summed E-state index contributed by atoms with van der Waals surface area (Å²) in [7, 11) is 1.21. The first-order valence-corrected chi connectivity index (χ1v) is 33.2. The van der Waals surface area contributed by atoms with Crippen molar-refractivity contribution in [1.29, 1.82) is 0 Å². The van der Waals surface area contributed by atoms with Crippen LogP contribution in [0.5, 0.6) is 5.75 Å². The molecule has 36 heteroatoms. The van der Waals surface area contributed by atoms with Crippen molar-refractivity contribution in [3.63, 3.8) is 0 Å². The number of nitrogens with one attached hydrogen (secondary N) is 5. The first-order valence-electron chi connectivity index (χ1n) is 33.2. The zero-order chi connectivity index (χ0) is 72.5. The number of ether oxygens (including phenoxy) is 13. The number of unbranched alkanes of at least 4 members (excludes halogenated alkanes) is 5. The van der Waals surface area contributed by atoms with Crippen LogP contribution in [0.1, 0.15) is 96.8 Å². The molecule has 0 saturated carbocycles. The minimum Gasteiger partial charge on any atom is -0.494 e. The number of allylic oxidation sites excluding steroid dienone is 2. The van der Waals surface area contributed by atoms with Gasteiger partial charge in [-0.05, 0) is 50.8 Å². The Balaban J connectivity index is 1.07. The molecule has 6 saturated heterocycles.